The number of hydrogen-bond donors (Lipinski definition) is 0. The lowest BCUT2D eigenvalue weighted by Gasteiger charge is -2.08. The van der Waals surface area contributed by atoms with Gasteiger partial charge in [-0.3, -0.25) is 14.2 Å². The fraction of sp³-hybridized carbons (Fsp3) is 0.0455. The monoisotopic (exact) mass is 376 g/mol. The van der Waals surface area contributed by atoms with Crippen molar-refractivity contribution in [2.24, 2.45) is 0 Å². The van der Waals surface area contributed by atoms with Gasteiger partial charge in [0.25, 0.3) is 5.56 Å². The number of hydrogen-bond acceptors (Lipinski definition) is 3. The topological polar surface area (TPSA) is 52.0 Å². The van der Waals surface area contributed by atoms with Crippen LogP contribution >= 0.6 is 0 Å². The van der Waals surface area contributed by atoms with Crippen LogP contribution in [0.25, 0.3) is 22.0 Å². The molecule has 0 saturated heterocycles. The molecule has 28 heavy (non-hydrogen) atoms. The van der Waals surface area contributed by atoms with E-state index >= 15 is 0 Å². The van der Waals surface area contributed by atoms with Gasteiger partial charge < -0.3 is 0 Å². The lowest BCUT2D eigenvalue weighted by molar-refractivity contribution is 0.0970. The number of carbonyl (C=O) groups is 1. The Morgan fingerprint density at radius 2 is 1.71 bits per heavy atom. The van der Waals surface area contributed by atoms with E-state index in [-0.39, 0.29) is 23.5 Å². The molecule has 0 bridgehead atoms. The van der Waals surface area contributed by atoms with Gasteiger partial charge in [-0.15, -0.1) is 0 Å². The van der Waals surface area contributed by atoms with Crippen molar-refractivity contribution in [3.8, 4) is 11.1 Å². The van der Waals surface area contributed by atoms with Crippen LogP contribution in [-0.2, 0) is 6.54 Å². The Balaban J connectivity index is 1.59. The normalized spacial score (nSPS) is 10.9. The Bertz CT molecular complexity index is 1250. The number of nitrogens with zero attached hydrogens (tertiary/aromatic N) is 2. The minimum atomic E-state index is -0.673. The van der Waals surface area contributed by atoms with Crippen LogP contribution in [-0.4, -0.2) is 15.3 Å². The van der Waals surface area contributed by atoms with Gasteiger partial charge in [0.15, 0.2) is 5.78 Å². The Kier molecular flexibility index (Phi) is 4.53. The van der Waals surface area contributed by atoms with E-state index in [1.165, 1.54) is 23.0 Å². The maximum atomic E-state index is 13.9. The highest BCUT2D eigenvalue weighted by molar-refractivity contribution is 5.96. The molecule has 0 unspecified atom stereocenters. The van der Waals surface area contributed by atoms with Gasteiger partial charge >= 0.3 is 0 Å². The first-order chi connectivity index (χ1) is 13.5. The second-order valence-corrected chi connectivity index (χ2v) is 6.32. The summed E-state index contributed by atoms with van der Waals surface area (Å²) >= 11 is 0. The molecule has 0 spiro atoms. The van der Waals surface area contributed by atoms with Crippen LogP contribution in [0.1, 0.15) is 10.4 Å². The van der Waals surface area contributed by atoms with Gasteiger partial charge in [-0.1, -0.05) is 36.4 Å². The summed E-state index contributed by atoms with van der Waals surface area (Å²) in [6, 6.07) is 16.6. The molecule has 0 fully saturated rings. The van der Waals surface area contributed by atoms with Gasteiger partial charge in [0.1, 0.15) is 11.6 Å². The summed E-state index contributed by atoms with van der Waals surface area (Å²) in [5.74, 6) is -1.60. The van der Waals surface area contributed by atoms with Crippen molar-refractivity contribution in [1.29, 1.82) is 0 Å². The third kappa shape index (κ3) is 3.32. The van der Waals surface area contributed by atoms with Gasteiger partial charge in [0, 0.05) is 17.2 Å². The molecule has 138 valence electrons. The first kappa shape index (κ1) is 17.7. The molecule has 1 heterocycles. The number of Topliss-reactive ketones (excluding diaryl/α,β-unsaturated/α-hetero) is 1. The van der Waals surface area contributed by atoms with E-state index in [4.69, 9.17) is 0 Å². The highest BCUT2D eigenvalue weighted by Crippen LogP contribution is 2.24. The maximum absolute atomic E-state index is 13.9. The number of aromatic nitrogens is 2. The third-order valence-electron chi connectivity index (χ3n) is 4.49. The minimum Gasteiger partial charge on any atom is -0.292 e. The van der Waals surface area contributed by atoms with E-state index in [1.54, 1.807) is 48.5 Å². The number of carbonyl (C=O) groups excluding carboxylic acids is 1. The predicted molar refractivity (Wildman–Crippen MR) is 102 cm³/mol. The lowest BCUT2D eigenvalue weighted by Crippen LogP contribution is -2.24. The van der Waals surface area contributed by atoms with E-state index in [9.17, 15) is 18.4 Å². The van der Waals surface area contributed by atoms with Crippen LogP contribution in [0.4, 0.5) is 8.78 Å². The molecule has 0 radical (unpaired) electrons. The van der Waals surface area contributed by atoms with Crippen molar-refractivity contribution in [2.75, 3.05) is 0 Å². The van der Waals surface area contributed by atoms with Gasteiger partial charge in [-0.25, -0.2) is 13.8 Å². The zero-order valence-corrected chi connectivity index (χ0v) is 14.6. The summed E-state index contributed by atoms with van der Waals surface area (Å²) in [6.45, 7) is -0.152. The first-order valence-corrected chi connectivity index (χ1v) is 8.56. The van der Waals surface area contributed by atoms with E-state index in [0.717, 1.165) is 6.07 Å². The second-order valence-electron chi connectivity index (χ2n) is 6.32. The van der Waals surface area contributed by atoms with E-state index in [0.29, 0.717) is 22.0 Å². The van der Waals surface area contributed by atoms with E-state index < -0.39 is 11.6 Å². The molecular formula is C22H14F2N2O2. The third-order valence-corrected chi connectivity index (χ3v) is 4.49. The molecule has 4 nitrogen and oxygen atoms in total. The Morgan fingerprint density at radius 1 is 0.964 bits per heavy atom. The number of ketones is 1. The number of halogens is 2. The van der Waals surface area contributed by atoms with Crippen LogP contribution in [0.2, 0.25) is 0 Å². The number of rotatable bonds is 4. The Labute approximate surface area is 158 Å². The Morgan fingerprint density at radius 3 is 2.46 bits per heavy atom. The molecule has 4 aromatic rings. The van der Waals surface area contributed by atoms with Crippen LogP contribution in [0.15, 0.2) is 77.9 Å². The molecule has 0 N–H and O–H groups in total. The first-order valence-electron chi connectivity index (χ1n) is 8.56. The SMILES string of the molecule is O=C(Cn1cnc2ccccc2c1=O)c1ccc(-c2ccc(F)cc2F)cc1. The molecule has 0 aliphatic heterocycles. The standard InChI is InChI=1S/C22H14F2N2O2/c23-16-9-10-17(19(24)11-16)14-5-7-15(8-6-14)21(27)12-26-13-25-20-4-2-1-3-18(20)22(26)28/h1-11,13H,12H2. The van der Waals surface area contributed by atoms with Gasteiger partial charge in [-0.05, 0) is 29.8 Å². The molecule has 6 heteroatoms. The molecular weight excluding hydrogens is 362 g/mol. The van der Waals surface area contributed by atoms with Crippen LogP contribution in [0.5, 0.6) is 0 Å². The van der Waals surface area contributed by atoms with Gasteiger partial charge in [-0.2, -0.15) is 0 Å². The predicted octanol–water partition coefficient (Wildman–Crippen LogP) is 4.22. The number of benzene rings is 3. The van der Waals surface area contributed by atoms with Crippen molar-refractivity contribution in [3.05, 3.63) is 101 Å². The molecule has 0 aliphatic carbocycles. The molecule has 0 atom stereocenters. The van der Waals surface area contributed by atoms with Crippen molar-refractivity contribution in [2.45, 2.75) is 6.54 Å². The summed E-state index contributed by atoms with van der Waals surface area (Å²) < 4.78 is 28.2. The average Bonchev–Trinajstić information content (AvgIpc) is 2.70. The fourth-order valence-electron chi connectivity index (χ4n) is 3.02. The van der Waals surface area contributed by atoms with Crippen molar-refractivity contribution in [1.82, 2.24) is 9.55 Å². The molecule has 3 aromatic carbocycles. The quantitative estimate of drug-likeness (QED) is 0.501. The largest absolute Gasteiger partial charge is 0.292 e. The van der Waals surface area contributed by atoms with Gasteiger partial charge in [0.05, 0.1) is 23.8 Å². The molecule has 0 aliphatic rings. The molecule has 1 aromatic heterocycles. The van der Waals surface area contributed by atoms with Crippen molar-refractivity contribution < 1.29 is 13.6 Å². The minimum absolute atomic E-state index is 0.152. The van der Waals surface area contributed by atoms with E-state index in [2.05, 4.69) is 4.98 Å². The fourth-order valence-corrected chi connectivity index (χ4v) is 3.02. The summed E-state index contributed by atoms with van der Waals surface area (Å²) in [5.41, 5.74) is 1.44. The average molecular weight is 376 g/mol. The van der Waals surface area contributed by atoms with E-state index in [1.807, 2.05) is 0 Å². The summed E-state index contributed by atoms with van der Waals surface area (Å²) in [4.78, 5) is 29.2. The summed E-state index contributed by atoms with van der Waals surface area (Å²) in [6.07, 6.45) is 1.35. The Hall–Kier alpha value is -3.67. The summed E-state index contributed by atoms with van der Waals surface area (Å²) in [7, 11) is 0. The molecule has 0 amide bonds. The maximum Gasteiger partial charge on any atom is 0.261 e. The second kappa shape index (κ2) is 7.15. The summed E-state index contributed by atoms with van der Waals surface area (Å²) in [5, 5.41) is 0.444. The van der Waals surface area contributed by atoms with Crippen molar-refractivity contribution >= 4 is 16.7 Å². The zero-order chi connectivity index (χ0) is 19.7. The van der Waals surface area contributed by atoms with Crippen molar-refractivity contribution in [3.63, 3.8) is 0 Å². The molecule has 0 saturated carbocycles. The highest BCUT2D eigenvalue weighted by atomic mass is 19.1. The lowest BCUT2D eigenvalue weighted by atomic mass is 10.0. The van der Waals surface area contributed by atoms with Gasteiger partial charge in [0.2, 0.25) is 0 Å². The molecule has 4 rings (SSSR count). The smallest absolute Gasteiger partial charge is 0.261 e. The highest BCUT2D eigenvalue weighted by Gasteiger charge is 2.12. The zero-order valence-electron chi connectivity index (χ0n) is 14.6. The van der Waals surface area contributed by atoms with Crippen LogP contribution < -0.4 is 5.56 Å². The number of para-hydroxylation sites is 1. The van der Waals surface area contributed by atoms with Crippen LogP contribution in [0, 0.1) is 11.6 Å². The van der Waals surface area contributed by atoms with Crippen LogP contribution in [0.3, 0.4) is 0 Å². The number of fused-ring (bicyclic) bond motifs is 1.